The molecule has 22 heavy (non-hydrogen) atoms. The first-order chi connectivity index (χ1) is 10.5. The molecule has 0 aliphatic rings. The minimum absolute atomic E-state index is 0.282. The molecule has 2 aromatic rings. The highest BCUT2D eigenvalue weighted by molar-refractivity contribution is 5.94. The Balaban J connectivity index is 2.12. The normalized spacial score (nSPS) is 10.7. The van der Waals surface area contributed by atoms with Crippen LogP contribution in [0.2, 0.25) is 0 Å². The van der Waals surface area contributed by atoms with Crippen molar-refractivity contribution in [3.63, 3.8) is 0 Å². The summed E-state index contributed by atoms with van der Waals surface area (Å²) < 4.78 is 15.8. The van der Waals surface area contributed by atoms with Crippen molar-refractivity contribution in [1.29, 1.82) is 0 Å². The molecule has 1 amide bonds. The van der Waals surface area contributed by atoms with Crippen LogP contribution in [0.15, 0.2) is 24.3 Å². The summed E-state index contributed by atoms with van der Waals surface area (Å²) in [7, 11) is 0. The standard InChI is InChI=1S/C16H21FN4O/c1-11-9-12(2)21(20-11)15-6-5-13(10-14(15)17)16(22)19-8-4-3-7-18/h5-6,9-10H,3-4,7-8,18H2,1-2H3,(H,19,22). The molecule has 2 rings (SSSR count). The molecule has 0 radical (unpaired) electrons. The van der Waals surface area contributed by atoms with Gasteiger partial charge in [0.25, 0.3) is 5.91 Å². The lowest BCUT2D eigenvalue weighted by Crippen LogP contribution is -2.25. The molecule has 118 valence electrons. The van der Waals surface area contributed by atoms with Gasteiger partial charge in [-0.1, -0.05) is 0 Å². The van der Waals surface area contributed by atoms with Crippen LogP contribution in [0.25, 0.3) is 5.69 Å². The van der Waals surface area contributed by atoms with Gasteiger partial charge in [0.1, 0.15) is 11.5 Å². The summed E-state index contributed by atoms with van der Waals surface area (Å²) >= 11 is 0. The fraction of sp³-hybridized carbons (Fsp3) is 0.375. The second kappa shape index (κ2) is 7.17. The number of benzene rings is 1. The molecule has 1 aromatic heterocycles. The van der Waals surface area contributed by atoms with Crippen LogP contribution in [-0.2, 0) is 0 Å². The third-order valence-electron chi connectivity index (χ3n) is 3.36. The van der Waals surface area contributed by atoms with E-state index in [0.29, 0.717) is 24.3 Å². The maximum atomic E-state index is 14.3. The third kappa shape index (κ3) is 3.71. The summed E-state index contributed by atoms with van der Waals surface area (Å²) in [5.41, 5.74) is 7.69. The van der Waals surface area contributed by atoms with Crippen molar-refractivity contribution in [3.05, 3.63) is 47.0 Å². The lowest BCUT2D eigenvalue weighted by molar-refractivity contribution is 0.0952. The smallest absolute Gasteiger partial charge is 0.251 e. The Hall–Kier alpha value is -2.21. The van der Waals surface area contributed by atoms with Crippen molar-refractivity contribution < 1.29 is 9.18 Å². The summed E-state index contributed by atoms with van der Waals surface area (Å²) in [6.07, 6.45) is 1.67. The van der Waals surface area contributed by atoms with E-state index >= 15 is 0 Å². The van der Waals surface area contributed by atoms with E-state index in [9.17, 15) is 9.18 Å². The number of nitrogens with zero attached hydrogens (tertiary/aromatic N) is 2. The minimum atomic E-state index is -0.471. The Morgan fingerprint density at radius 3 is 2.68 bits per heavy atom. The van der Waals surface area contributed by atoms with Crippen molar-refractivity contribution in [1.82, 2.24) is 15.1 Å². The van der Waals surface area contributed by atoms with Gasteiger partial charge in [0.15, 0.2) is 0 Å². The Bertz CT molecular complexity index is 666. The predicted molar refractivity (Wildman–Crippen MR) is 83.6 cm³/mol. The monoisotopic (exact) mass is 304 g/mol. The fourth-order valence-corrected chi connectivity index (χ4v) is 2.27. The van der Waals surface area contributed by atoms with Crippen LogP contribution in [0, 0.1) is 19.7 Å². The van der Waals surface area contributed by atoms with Crippen molar-refractivity contribution >= 4 is 5.91 Å². The van der Waals surface area contributed by atoms with E-state index in [4.69, 9.17) is 5.73 Å². The molecule has 0 fully saturated rings. The number of carbonyl (C=O) groups excluding carboxylic acids is 1. The summed E-state index contributed by atoms with van der Waals surface area (Å²) in [6, 6.07) is 6.29. The number of nitrogens with one attached hydrogen (secondary N) is 1. The molecule has 1 heterocycles. The van der Waals surface area contributed by atoms with Crippen molar-refractivity contribution in [2.24, 2.45) is 5.73 Å². The molecule has 5 nitrogen and oxygen atoms in total. The molecular formula is C16H21FN4O. The highest BCUT2D eigenvalue weighted by atomic mass is 19.1. The van der Waals surface area contributed by atoms with E-state index in [2.05, 4.69) is 10.4 Å². The summed E-state index contributed by atoms with van der Waals surface area (Å²) in [6.45, 7) is 4.85. The molecular weight excluding hydrogens is 283 g/mol. The van der Waals surface area contributed by atoms with Gasteiger partial charge >= 0.3 is 0 Å². The van der Waals surface area contributed by atoms with Crippen LogP contribution < -0.4 is 11.1 Å². The highest BCUT2D eigenvalue weighted by Gasteiger charge is 2.12. The quantitative estimate of drug-likeness (QED) is 0.803. The molecule has 0 aliphatic carbocycles. The molecule has 3 N–H and O–H groups in total. The van der Waals surface area contributed by atoms with E-state index in [1.54, 1.807) is 12.1 Å². The Morgan fingerprint density at radius 2 is 2.09 bits per heavy atom. The Labute approximate surface area is 129 Å². The maximum absolute atomic E-state index is 14.3. The SMILES string of the molecule is Cc1cc(C)n(-c2ccc(C(=O)NCCCCN)cc2F)n1. The van der Waals surface area contributed by atoms with Gasteiger partial charge in [-0.2, -0.15) is 5.10 Å². The highest BCUT2D eigenvalue weighted by Crippen LogP contribution is 2.17. The van der Waals surface area contributed by atoms with Crippen LogP contribution in [0.1, 0.15) is 34.6 Å². The maximum Gasteiger partial charge on any atom is 0.251 e. The van der Waals surface area contributed by atoms with Crippen LogP contribution in [0.5, 0.6) is 0 Å². The zero-order valence-electron chi connectivity index (χ0n) is 12.9. The summed E-state index contributed by atoms with van der Waals surface area (Å²) in [5, 5.41) is 7.00. The number of nitrogens with two attached hydrogens (primary N) is 1. The summed E-state index contributed by atoms with van der Waals surface area (Å²) in [4.78, 5) is 11.9. The van der Waals surface area contributed by atoms with Crippen molar-refractivity contribution in [2.75, 3.05) is 13.1 Å². The van der Waals surface area contributed by atoms with Crippen molar-refractivity contribution in [3.8, 4) is 5.69 Å². The lowest BCUT2D eigenvalue weighted by atomic mass is 10.1. The number of aromatic nitrogens is 2. The number of carbonyl (C=O) groups is 1. The van der Waals surface area contributed by atoms with E-state index in [1.807, 2.05) is 19.9 Å². The van der Waals surface area contributed by atoms with Gasteiger partial charge in [0.05, 0.1) is 5.69 Å². The van der Waals surface area contributed by atoms with Gasteiger partial charge in [-0.05, 0) is 57.5 Å². The first kappa shape index (κ1) is 16.2. The van der Waals surface area contributed by atoms with Crippen LogP contribution in [0.3, 0.4) is 0 Å². The third-order valence-corrected chi connectivity index (χ3v) is 3.36. The van der Waals surface area contributed by atoms with Crippen LogP contribution in [0.4, 0.5) is 4.39 Å². The predicted octanol–water partition coefficient (Wildman–Crippen LogP) is 2.10. The Kier molecular flexibility index (Phi) is 5.27. The van der Waals surface area contributed by atoms with Gasteiger partial charge in [0, 0.05) is 17.8 Å². The largest absolute Gasteiger partial charge is 0.352 e. The first-order valence-corrected chi connectivity index (χ1v) is 7.34. The zero-order chi connectivity index (χ0) is 16.1. The molecule has 0 bridgehead atoms. The second-order valence-electron chi connectivity index (χ2n) is 5.26. The average molecular weight is 304 g/mol. The Morgan fingerprint density at radius 1 is 1.32 bits per heavy atom. The van der Waals surface area contributed by atoms with E-state index in [0.717, 1.165) is 24.2 Å². The molecule has 6 heteroatoms. The van der Waals surface area contributed by atoms with Gasteiger partial charge < -0.3 is 11.1 Å². The molecule has 1 aromatic carbocycles. The van der Waals surface area contributed by atoms with Crippen LogP contribution in [-0.4, -0.2) is 28.8 Å². The van der Waals surface area contributed by atoms with Gasteiger partial charge in [-0.25, -0.2) is 9.07 Å². The topological polar surface area (TPSA) is 72.9 Å². The van der Waals surface area contributed by atoms with Gasteiger partial charge in [-0.15, -0.1) is 0 Å². The molecule has 0 spiro atoms. The molecule has 0 unspecified atom stereocenters. The molecule has 0 aliphatic heterocycles. The lowest BCUT2D eigenvalue weighted by Gasteiger charge is -2.09. The number of hydrogen-bond donors (Lipinski definition) is 2. The zero-order valence-corrected chi connectivity index (χ0v) is 12.9. The van der Waals surface area contributed by atoms with Gasteiger partial charge in [-0.3, -0.25) is 4.79 Å². The number of amides is 1. The van der Waals surface area contributed by atoms with E-state index in [1.165, 1.54) is 10.7 Å². The molecule has 0 saturated heterocycles. The average Bonchev–Trinajstić information content (AvgIpc) is 2.82. The number of aryl methyl sites for hydroxylation is 2. The van der Waals surface area contributed by atoms with E-state index in [-0.39, 0.29) is 5.91 Å². The molecule has 0 saturated carbocycles. The van der Waals surface area contributed by atoms with Crippen molar-refractivity contribution in [2.45, 2.75) is 26.7 Å². The second-order valence-corrected chi connectivity index (χ2v) is 5.26. The number of rotatable bonds is 6. The van der Waals surface area contributed by atoms with Crippen LogP contribution >= 0.6 is 0 Å². The van der Waals surface area contributed by atoms with E-state index < -0.39 is 5.82 Å². The minimum Gasteiger partial charge on any atom is -0.352 e. The summed E-state index contributed by atoms with van der Waals surface area (Å²) in [5.74, 6) is -0.753. The number of unbranched alkanes of at least 4 members (excludes halogenated alkanes) is 1. The van der Waals surface area contributed by atoms with Gasteiger partial charge in [0.2, 0.25) is 0 Å². The fourth-order valence-electron chi connectivity index (χ4n) is 2.27. The molecule has 0 atom stereocenters. The number of hydrogen-bond acceptors (Lipinski definition) is 3. The first-order valence-electron chi connectivity index (χ1n) is 7.34. The number of halogens is 1.